The molecule has 0 bridgehead atoms. The van der Waals surface area contributed by atoms with Gasteiger partial charge < -0.3 is 9.13 Å². The molecule has 0 N–H and O–H groups in total. The van der Waals surface area contributed by atoms with E-state index in [0.717, 1.165) is 22.3 Å². The molecule has 7 aromatic carbocycles. The molecule has 0 spiro atoms. The standard InChI is InChI=1S/C47H31N3/c1-3-10-32(11-4-1)34-18-22-38(23-19-34)49-44-17-8-7-16-40(44)41-29-36(20-24-45(41)49)37-21-25-46-42(30-37)43-31-48-27-26-47(43)50(46)39-15-9-14-35(28-39)33-12-5-2-6-13-33/h1-31H. The summed E-state index contributed by atoms with van der Waals surface area (Å²) in [6.07, 6.45) is 3.89. The van der Waals surface area contributed by atoms with Gasteiger partial charge in [0.15, 0.2) is 0 Å². The summed E-state index contributed by atoms with van der Waals surface area (Å²) in [7, 11) is 0. The lowest BCUT2D eigenvalue weighted by Gasteiger charge is -2.11. The highest BCUT2D eigenvalue weighted by Crippen LogP contribution is 2.38. The number of para-hydroxylation sites is 1. The molecular weight excluding hydrogens is 607 g/mol. The van der Waals surface area contributed by atoms with Crippen LogP contribution in [0.4, 0.5) is 0 Å². The number of hydrogen-bond acceptors (Lipinski definition) is 1. The summed E-state index contributed by atoms with van der Waals surface area (Å²) in [5.74, 6) is 0. The van der Waals surface area contributed by atoms with Crippen LogP contribution in [0, 0.1) is 0 Å². The lowest BCUT2D eigenvalue weighted by molar-refractivity contribution is 1.17. The van der Waals surface area contributed by atoms with E-state index in [1.807, 2.05) is 12.4 Å². The van der Waals surface area contributed by atoms with Crippen molar-refractivity contribution in [3.63, 3.8) is 0 Å². The summed E-state index contributed by atoms with van der Waals surface area (Å²) in [6.45, 7) is 0. The van der Waals surface area contributed by atoms with E-state index in [1.165, 1.54) is 66.1 Å². The van der Waals surface area contributed by atoms with E-state index in [1.54, 1.807) is 0 Å². The number of pyridine rings is 1. The van der Waals surface area contributed by atoms with Gasteiger partial charge in [-0.15, -0.1) is 0 Å². The predicted molar refractivity (Wildman–Crippen MR) is 209 cm³/mol. The highest BCUT2D eigenvalue weighted by atomic mass is 15.0. The average molecular weight is 638 g/mol. The molecule has 0 saturated heterocycles. The zero-order valence-corrected chi connectivity index (χ0v) is 27.2. The third-order valence-corrected chi connectivity index (χ3v) is 10.0. The first kappa shape index (κ1) is 28.3. The van der Waals surface area contributed by atoms with Crippen molar-refractivity contribution >= 4 is 43.6 Å². The summed E-state index contributed by atoms with van der Waals surface area (Å²) in [4.78, 5) is 4.55. The van der Waals surface area contributed by atoms with Crippen molar-refractivity contribution < 1.29 is 0 Å². The number of rotatable bonds is 5. The molecule has 3 heteroatoms. The van der Waals surface area contributed by atoms with Crippen molar-refractivity contribution in [3.8, 4) is 44.8 Å². The van der Waals surface area contributed by atoms with E-state index in [-0.39, 0.29) is 0 Å². The molecule has 0 unspecified atom stereocenters. The molecule has 0 aliphatic rings. The van der Waals surface area contributed by atoms with E-state index in [0.29, 0.717) is 0 Å². The second-order valence-electron chi connectivity index (χ2n) is 12.9. The van der Waals surface area contributed by atoms with Gasteiger partial charge in [0.2, 0.25) is 0 Å². The fraction of sp³-hybridized carbons (Fsp3) is 0. The van der Waals surface area contributed by atoms with Gasteiger partial charge >= 0.3 is 0 Å². The molecule has 234 valence electrons. The van der Waals surface area contributed by atoms with E-state index in [9.17, 15) is 0 Å². The van der Waals surface area contributed by atoms with Crippen molar-refractivity contribution in [2.24, 2.45) is 0 Å². The number of hydrogen-bond donors (Lipinski definition) is 0. The van der Waals surface area contributed by atoms with Gasteiger partial charge in [-0.2, -0.15) is 0 Å². The Morgan fingerprint density at radius 2 is 0.800 bits per heavy atom. The van der Waals surface area contributed by atoms with Crippen molar-refractivity contribution in [1.29, 1.82) is 0 Å². The van der Waals surface area contributed by atoms with E-state index >= 15 is 0 Å². The molecule has 0 amide bonds. The molecule has 50 heavy (non-hydrogen) atoms. The van der Waals surface area contributed by atoms with Gasteiger partial charge in [0, 0.05) is 45.3 Å². The number of aromatic nitrogens is 3. The zero-order valence-electron chi connectivity index (χ0n) is 27.2. The topological polar surface area (TPSA) is 22.8 Å². The van der Waals surface area contributed by atoms with Crippen molar-refractivity contribution in [2.75, 3.05) is 0 Å². The Balaban J connectivity index is 1.10. The quantitative estimate of drug-likeness (QED) is 0.184. The Hall–Kier alpha value is -6.71. The van der Waals surface area contributed by atoms with Crippen LogP contribution in [-0.2, 0) is 0 Å². The molecule has 0 aliphatic carbocycles. The summed E-state index contributed by atoms with van der Waals surface area (Å²) >= 11 is 0. The smallest absolute Gasteiger partial charge is 0.0571 e. The molecular formula is C47H31N3. The molecule has 0 saturated carbocycles. The molecule has 0 aliphatic heterocycles. The second kappa shape index (κ2) is 11.5. The highest BCUT2D eigenvalue weighted by Gasteiger charge is 2.16. The predicted octanol–water partition coefficient (Wildman–Crippen LogP) is 12.3. The maximum absolute atomic E-state index is 4.55. The minimum absolute atomic E-state index is 1.14. The maximum atomic E-state index is 4.55. The molecule has 3 aromatic heterocycles. The number of fused-ring (bicyclic) bond motifs is 6. The Labute approximate surface area is 290 Å². The summed E-state index contributed by atoms with van der Waals surface area (Å²) < 4.78 is 4.75. The van der Waals surface area contributed by atoms with Crippen molar-refractivity contribution in [1.82, 2.24) is 14.1 Å². The minimum Gasteiger partial charge on any atom is -0.309 e. The van der Waals surface area contributed by atoms with Crippen molar-refractivity contribution in [3.05, 3.63) is 188 Å². The van der Waals surface area contributed by atoms with Gasteiger partial charge in [0.1, 0.15) is 0 Å². The Morgan fingerprint density at radius 1 is 0.300 bits per heavy atom. The lowest BCUT2D eigenvalue weighted by atomic mass is 10.0. The normalized spacial score (nSPS) is 11.6. The van der Waals surface area contributed by atoms with Gasteiger partial charge in [0.05, 0.1) is 22.1 Å². The molecule has 3 nitrogen and oxygen atoms in total. The minimum atomic E-state index is 1.14. The molecule has 0 radical (unpaired) electrons. The van der Waals surface area contributed by atoms with Crippen LogP contribution in [-0.4, -0.2) is 14.1 Å². The Morgan fingerprint density at radius 3 is 1.52 bits per heavy atom. The first-order chi connectivity index (χ1) is 24.8. The SMILES string of the molecule is c1ccc(-c2ccc(-n3c4ccccc4c4cc(-c5ccc6c(c5)c5cnccc5n6-c5cccc(-c6ccccc6)c5)ccc43)cc2)cc1. The molecule has 10 aromatic rings. The van der Waals surface area contributed by atoms with Crippen LogP contribution in [0.15, 0.2) is 188 Å². The van der Waals surface area contributed by atoms with Crippen LogP contribution < -0.4 is 0 Å². The summed E-state index contributed by atoms with van der Waals surface area (Å²) in [5, 5.41) is 4.83. The van der Waals surface area contributed by atoms with Crippen LogP contribution in [0.5, 0.6) is 0 Å². The Kier molecular flexibility index (Phi) is 6.49. The van der Waals surface area contributed by atoms with E-state index in [2.05, 4.69) is 190 Å². The third-order valence-electron chi connectivity index (χ3n) is 10.0. The molecule has 0 atom stereocenters. The zero-order chi connectivity index (χ0) is 33.0. The van der Waals surface area contributed by atoms with Gasteiger partial charge in [0.25, 0.3) is 0 Å². The van der Waals surface area contributed by atoms with Crippen LogP contribution in [0.3, 0.4) is 0 Å². The first-order valence-corrected chi connectivity index (χ1v) is 17.0. The van der Waals surface area contributed by atoms with Crippen LogP contribution in [0.25, 0.3) is 88.4 Å². The van der Waals surface area contributed by atoms with E-state index < -0.39 is 0 Å². The van der Waals surface area contributed by atoms with Gasteiger partial charge in [-0.25, -0.2) is 0 Å². The largest absolute Gasteiger partial charge is 0.309 e. The fourth-order valence-electron chi connectivity index (χ4n) is 7.64. The number of nitrogens with zero attached hydrogens (tertiary/aromatic N) is 3. The maximum Gasteiger partial charge on any atom is 0.0571 e. The number of benzene rings is 7. The summed E-state index contributed by atoms with van der Waals surface area (Å²) in [5.41, 5.74) is 14.2. The third kappa shape index (κ3) is 4.56. The monoisotopic (exact) mass is 637 g/mol. The van der Waals surface area contributed by atoms with Crippen LogP contribution in [0.1, 0.15) is 0 Å². The van der Waals surface area contributed by atoms with Gasteiger partial charge in [-0.05, 0) is 94.0 Å². The van der Waals surface area contributed by atoms with Crippen LogP contribution in [0.2, 0.25) is 0 Å². The molecule has 0 fully saturated rings. The molecule has 10 rings (SSSR count). The van der Waals surface area contributed by atoms with Gasteiger partial charge in [-0.1, -0.05) is 115 Å². The average Bonchev–Trinajstić information content (AvgIpc) is 3.71. The lowest BCUT2D eigenvalue weighted by Crippen LogP contribution is -1.94. The van der Waals surface area contributed by atoms with Crippen LogP contribution >= 0.6 is 0 Å². The van der Waals surface area contributed by atoms with E-state index in [4.69, 9.17) is 0 Å². The fourth-order valence-corrected chi connectivity index (χ4v) is 7.64. The summed E-state index contributed by atoms with van der Waals surface area (Å²) in [6, 6.07) is 63.4. The highest BCUT2D eigenvalue weighted by molar-refractivity contribution is 6.12. The second-order valence-corrected chi connectivity index (χ2v) is 12.9. The van der Waals surface area contributed by atoms with Gasteiger partial charge in [-0.3, -0.25) is 4.98 Å². The first-order valence-electron chi connectivity index (χ1n) is 17.0. The molecule has 3 heterocycles. The Bertz CT molecular complexity index is 2840. The van der Waals surface area contributed by atoms with Crippen molar-refractivity contribution in [2.45, 2.75) is 0 Å².